The van der Waals surface area contributed by atoms with Gasteiger partial charge in [-0.1, -0.05) is 127 Å². The van der Waals surface area contributed by atoms with Gasteiger partial charge in [0.05, 0.1) is 103 Å². The highest BCUT2D eigenvalue weighted by atomic mass is 19.1. The molecule has 0 bridgehead atoms. The molecular formula is C101H125F2N7O14. The molecule has 16 rings (SSSR count). The van der Waals surface area contributed by atoms with E-state index in [0.29, 0.717) is 77.0 Å². The van der Waals surface area contributed by atoms with Gasteiger partial charge < -0.3 is 92.6 Å². The third kappa shape index (κ3) is 26.7. The molecule has 0 saturated carbocycles. The SMILES string of the molecule is COCCCN1CCOc2ccc(CO[C@H]3CNCC[C@@H]3c3ccc(CN4CC[C@@H](Oc5ccccc5)C4)cc3)cc21.COCCCN1CCOc2ccc(CO[C@H]3CNCC[C@@H]3c3ccc(COCCOc4cc(F)ccc4F)cc3)cc21.COc1ccccc1COCCCOc1ccc([C@H]2CCNC[C@@H]2OCc2cccc3c2NC(=O)CCC3)cc1. The molecule has 23 heteroatoms. The third-order valence-electron chi connectivity index (χ3n) is 24.1. The zero-order valence-electron chi connectivity index (χ0n) is 72.4. The Kier molecular flexibility index (Phi) is 35.1. The van der Waals surface area contributed by atoms with E-state index >= 15 is 0 Å². The van der Waals surface area contributed by atoms with Crippen LogP contribution in [0.15, 0.2) is 200 Å². The van der Waals surface area contributed by atoms with E-state index < -0.39 is 11.6 Å². The predicted octanol–water partition coefficient (Wildman–Crippen LogP) is 16.3. The molecule has 7 atom stereocenters. The molecule has 4 fully saturated rings. The fraction of sp³-hybridized carbons (Fsp3) is 0.455. The lowest BCUT2D eigenvalue weighted by atomic mass is 9.87. The number of benzene rings is 9. The lowest BCUT2D eigenvalue weighted by molar-refractivity contribution is -0.116. The van der Waals surface area contributed by atoms with Crippen molar-refractivity contribution in [1.82, 2.24) is 20.9 Å². The Morgan fingerprint density at radius 1 is 0.460 bits per heavy atom. The quantitative estimate of drug-likeness (QED) is 0.0267. The summed E-state index contributed by atoms with van der Waals surface area (Å²) in [6, 6.07) is 66.4. The Bertz CT molecular complexity index is 4710. The van der Waals surface area contributed by atoms with Crippen LogP contribution in [0, 0.1) is 11.6 Å². The zero-order chi connectivity index (χ0) is 85.3. The molecule has 0 radical (unpaired) electrons. The third-order valence-corrected chi connectivity index (χ3v) is 24.1. The number of carbonyl (C=O) groups excluding carboxylic acids is 1. The van der Waals surface area contributed by atoms with Gasteiger partial charge >= 0.3 is 0 Å². The van der Waals surface area contributed by atoms with Gasteiger partial charge in [0.1, 0.15) is 60.5 Å². The average molecular weight is 1700 g/mol. The number of methoxy groups -OCH3 is 3. The Morgan fingerprint density at radius 2 is 1.03 bits per heavy atom. The van der Waals surface area contributed by atoms with Gasteiger partial charge in [0.25, 0.3) is 0 Å². The molecule has 9 aromatic carbocycles. The topological polar surface area (TPSA) is 195 Å². The van der Waals surface area contributed by atoms with E-state index in [9.17, 15) is 13.6 Å². The number of amides is 1. The molecule has 124 heavy (non-hydrogen) atoms. The van der Waals surface area contributed by atoms with Crippen molar-refractivity contribution in [2.75, 3.05) is 168 Å². The van der Waals surface area contributed by atoms with Gasteiger partial charge in [0, 0.05) is 133 Å². The van der Waals surface area contributed by atoms with Crippen molar-refractivity contribution in [2.24, 2.45) is 0 Å². The van der Waals surface area contributed by atoms with Crippen LogP contribution in [0.5, 0.6) is 34.5 Å². The summed E-state index contributed by atoms with van der Waals surface area (Å²) in [6.07, 6.45) is 9.85. The first-order valence-electron chi connectivity index (χ1n) is 44.6. The number of hydrogen-bond acceptors (Lipinski definition) is 20. The number of anilines is 3. The van der Waals surface area contributed by atoms with Crippen LogP contribution in [0.1, 0.15) is 131 Å². The van der Waals surface area contributed by atoms with Crippen LogP contribution < -0.4 is 59.5 Å². The maximum Gasteiger partial charge on any atom is 0.224 e. The van der Waals surface area contributed by atoms with Gasteiger partial charge in [-0.25, -0.2) is 8.78 Å². The fourth-order valence-corrected chi connectivity index (χ4v) is 17.5. The molecule has 4 N–H and O–H groups in total. The summed E-state index contributed by atoms with van der Waals surface area (Å²) in [6.45, 7) is 19.2. The monoisotopic (exact) mass is 1700 g/mol. The largest absolute Gasteiger partial charge is 0.496 e. The van der Waals surface area contributed by atoms with Gasteiger partial charge in [-0.2, -0.15) is 0 Å². The lowest BCUT2D eigenvalue weighted by Gasteiger charge is -2.33. The fourth-order valence-electron chi connectivity index (χ4n) is 17.5. The van der Waals surface area contributed by atoms with Crippen LogP contribution in [-0.2, 0) is 84.0 Å². The summed E-state index contributed by atoms with van der Waals surface area (Å²) in [5.74, 6) is 4.41. The number of carbonyl (C=O) groups is 1. The van der Waals surface area contributed by atoms with E-state index in [-0.39, 0.29) is 49.3 Å². The summed E-state index contributed by atoms with van der Waals surface area (Å²) in [5, 5.41) is 13.6. The predicted molar refractivity (Wildman–Crippen MR) is 480 cm³/mol. The maximum atomic E-state index is 13.7. The van der Waals surface area contributed by atoms with Crippen molar-refractivity contribution in [3.05, 3.63) is 267 Å². The number of hydrogen-bond donors (Lipinski definition) is 4. The van der Waals surface area contributed by atoms with Gasteiger partial charge in [-0.15, -0.1) is 0 Å². The second-order valence-corrected chi connectivity index (χ2v) is 32.8. The smallest absolute Gasteiger partial charge is 0.224 e. The second kappa shape index (κ2) is 48.1. The van der Waals surface area contributed by atoms with Crippen LogP contribution in [0.25, 0.3) is 0 Å². The lowest BCUT2D eigenvalue weighted by Crippen LogP contribution is -2.41. The van der Waals surface area contributed by atoms with E-state index in [0.717, 1.165) is 243 Å². The van der Waals surface area contributed by atoms with Crippen LogP contribution in [0.3, 0.4) is 0 Å². The Balaban J connectivity index is 0.000000151. The molecule has 0 aromatic heterocycles. The van der Waals surface area contributed by atoms with E-state index in [1.165, 1.54) is 39.1 Å². The van der Waals surface area contributed by atoms with Crippen molar-refractivity contribution in [2.45, 2.75) is 146 Å². The number of nitrogens with one attached hydrogen (secondary N) is 4. The normalized spacial score (nSPS) is 19.9. The highest BCUT2D eigenvalue weighted by molar-refractivity contribution is 5.93. The molecule has 4 saturated heterocycles. The molecule has 662 valence electrons. The van der Waals surface area contributed by atoms with Crippen LogP contribution >= 0.6 is 0 Å². The Labute approximate surface area is 730 Å². The number of rotatable bonds is 38. The summed E-state index contributed by atoms with van der Waals surface area (Å²) >= 11 is 0. The summed E-state index contributed by atoms with van der Waals surface area (Å²) in [4.78, 5) is 19.5. The molecule has 7 heterocycles. The van der Waals surface area contributed by atoms with Gasteiger partial charge in [0.15, 0.2) is 11.6 Å². The summed E-state index contributed by atoms with van der Waals surface area (Å²) in [5.41, 5.74) is 15.1. The summed E-state index contributed by atoms with van der Waals surface area (Å²) in [7, 11) is 5.17. The molecule has 0 aliphatic carbocycles. The number of halogens is 2. The molecule has 21 nitrogen and oxygen atoms in total. The molecule has 1 amide bonds. The van der Waals surface area contributed by atoms with Crippen molar-refractivity contribution < 1.29 is 75.2 Å². The van der Waals surface area contributed by atoms with Crippen molar-refractivity contribution >= 4 is 23.0 Å². The number of fused-ring (bicyclic) bond motifs is 3. The Morgan fingerprint density at radius 3 is 1.65 bits per heavy atom. The minimum atomic E-state index is -0.593. The molecule has 9 aromatic rings. The molecular weight excluding hydrogens is 1570 g/mol. The first kappa shape index (κ1) is 90.5. The Hall–Kier alpha value is -9.73. The highest BCUT2D eigenvalue weighted by Gasteiger charge is 2.33. The van der Waals surface area contributed by atoms with Crippen molar-refractivity contribution in [3.63, 3.8) is 0 Å². The van der Waals surface area contributed by atoms with E-state index in [1.54, 1.807) is 21.3 Å². The van der Waals surface area contributed by atoms with Crippen molar-refractivity contribution in [1.29, 1.82) is 0 Å². The minimum absolute atomic E-state index is 0.0539. The number of likely N-dealkylation sites (tertiary alicyclic amines) is 1. The van der Waals surface area contributed by atoms with Gasteiger partial charge in [0.2, 0.25) is 5.91 Å². The first-order chi connectivity index (χ1) is 61.1. The first-order valence-corrected chi connectivity index (χ1v) is 44.6. The van der Waals surface area contributed by atoms with Crippen LogP contribution in [0.2, 0.25) is 0 Å². The maximum absolute atomic E-state index is 13.7. The number of nitrogens with zero attached hydrogens (tertiary/aromatic N) is 3. The molecule has 0 spiro atoms. The standard InChI is InChI=1S/C35H45N3O4.C33H40F2N2O5.C33H40N2O5/c1-39-20-5-17-38-19-21-40-34-13-10-28(22-33(34)38)26-41-35-23-36-16-14-32(35)29-11-8-27(9-12-29)24-37-18-15-31(25-37)42-30-6-3-2-4-7-30;1-38-15-2-13-37-14-16-40-31-10-5-25(19-30(31)37)23-42-33-21-36-12-11-28(33)26-6-3-24(4-7-26)22-39-17-18-41-32-20-27(34)8-9-29(32)35;1-37-30-11-3-2-7-26(30)22-38-19-6-20-39-28-15-13-24(14-16-28)29-17-18-34-21-31(29)40-23-27-10-4-8-25-9-5-12-32(36)35-33(25)27/h2-4,6-13,22,31-32,35-36H,5,14-21,23-26H2,1H3;3-10,19-20,28,33,36H,2,11-18,21-23H2,1H3;2-4,7-8,10-11,13-16,29,31,34H,5-6,9,12,17-23H2,1H3,(H,35,36)/t31-,32-,35+;28-,33+;29-,31+/m111/s1. The number of piperidine rings is 3. The molecule has 7 aliphatic heterocycles. The van der Waals surface area contributed by atoms with E-state index in [4.69, 9.17) is 61.6 Å². The van der Waals surface area contributed by atoms with E-state index in [2.05, 4.69) is 163 Å². The van der Waals surface area contributed by atoms with E-state index in [1.807, 2.05) is 54.6 Å². The number of aryl methyl sites for hydroxylation is 1. The van der Waals surface area contributed by atoms with Crippen LogP contribution in [0.4, 0.5) is 25.8 Å². The number of ether oxygens (including phenoxy) is 13. The summed E-state index contributed by atoms with van der Waals surface area (Å²) < 4.78 is 103. The zero-order valence-corrected chi connectivity index (χ0v) is 72.4. The number of para-hydroxylation sites is 3. The second-order valence-electron chi connectivity index (χ2n) is 32.8. The molecule has 0 unspecified atom stereocenters. The molecule has 7 aliphatic rings. The van der Waals surface area contributed by atoms with Crippen molar-refractivity contribution in [3.8, 4) is 34.5 Å². The average Bonchev–Trinajstić information content (AvgIpc) is 1.01. The van der Waals surface area contributed by atoms with Gasteiger partial charge in [-0.3, -0.25) is 9.69 Å². The highest BCUT2D eigenvalue weighted by Crippen LogP contribution is 2.39. The van der Waals surface area contributed by atoms with Crippen LogP contribution in [-0.4, -0.2) is 188 Å². The minimum Gasteiger partial charge on any atom is -0.496 e. The van der Waals surface area contributed by atoms with Gasteiger partial charge in [-0.05, 0) is 182 Å².